The number of hydrogen-bond acceptors (Lipinski definition) is 5. The number of benzene rings is 2. The van der Waals surface area contributed by atoms with Crippen molar-refractivity contribution in [3.63, 3.8) is 0 Å². The van der Waals surface area contributed by atoms with Crippen LogP contribution in [0.5, 0.6) is 0 Å². The van der Waals surface area contributed by atoms with Crippen LogP contribution in [0.25, 0.3) is 6.08 Å². The van der Waals surface area contributed by atoms with E-state index in [9.17, 15) is 9.59 Å². The van der Waals surface area contributed by atoms with Crippen LogP contribution in [-0.4, -0.2) is 21.5 Å². The maximum absolute atomic E-state index is 12.2. The van der Waals surface area contributed by atoms with Gasteiger partial charge in [0.05, 0.1) is 5.56 Å². The SMILES string of the molecule is NN1C(=O)c2ccccc2NC1SC(=O)/C=C/c1ccccc1. The molecule has 3 rings (SSSR count). The molecule has 0 radical (unpaired) electrons. The third-order valence-electron chi connectivity index (χ3n) is 3.36. The van der Waals surface area contributed by atoms with Crippen molar-refractivity contribution in [2.24, 2.45) is 5.84 Å². The first kappa shape index (κ1) is 15.3. The summed E-state index contributed by atoms with van der Waals surface area (Å²) in [6, 6.07) is 16.6. The molecule has 3 N–H and O–H groups in total. The summed E-state index contributed by atoms with van der Waals surface area (Å²) in [6.07, 6.45) is 3.20. The Morgan fingerprint density at radius 3 is 2.61 bits per heavy atom. The molecule has 0 saturated carbocycles. The van der Waals surface area contributed by atoms with Gasteiger partial charge in [-0.05, 0) is 35.5 Å². The number of para-hydroxylation sites is 1. The van der Waals surface area contributed by atoms with E-state index in [0.29, 0.717) is 11.3 Å². The number of amides is 1. The summed E-state index contributed by atoms with van der Waals surface area (Å²) < 4.78 is 0. The maximum atomic E-state index is 12.2. The third-order valence-corrected chi connectivity index (χ3v) is 4.30. The second kappa shape index (κ2) is 6.68. The summed E-state index contributed by atoms with van der Waals surface area (Å²) in [5.41, 5.74) is 1.48. The molecule has 1 unspecified atom stereocenters. The molecule has 23 heavy (non-hydrogen) atoms. The average molecular weight is 325 g/mol. The van der Waals surface area contributed by atoms with Crippen LogP contribution in [0.15, 0.2) is 60.7 Å². The standard InChI is InChI=1S/C17H15N3O2S/c18-20-16(22)13-8-4-5-9-14(13)19-17(20)23-15(21)11-10-12-6-2-1-3-7-12/h1-11,17,19H,18H2/b11-10+. The van der Waals surface area contributed by atoms with Gasteiger partial charge in [0.15, 0.2) is 5.50 Å². The van der Waals surface area contributed by atoms with Gasteiger partial charge in [0.25, 0.3) is 5.91 Å². The van der Waals surface area contributed by atoms with Gasteiger partial charge in [-0.3, -0.25) is 9.59 Å². The van der Waals surface area contributed by atoms with Gasteiger partial charge < -0.3 is 5.32 Å². The summed E-state index contributed by atoms with van der Waals surface area (Å²) >= 11 is 0.958. The lowest BCUT2D eigenvalue weighted by molar-refractivity contribution is -0.107. The second-order valence-corrected chi connectivity index (χ2v) is 6.02. The minimum absolute atomic E-state index is 0.186. The number of nitrogens with zero attached hydrogens (tertiary/aromatic N) is 1. The Morgan fingerprint density at radius 2 is 1.83 bits per heavy atom. The Balaban J connectivity index is 1.70. The van der Waals surface area contributed by atoms with Crippen LogP contribution in [0.4, 0.5) is 5.69 Å². The molecule has 116 valence electrons. The highest BCUT2D eigenvalue weighted by Gasteiger charge is 2.31. The Bertz CT molecular complexity index is 761. The van der Waals surface area contributed by atoms with Gasteiger partial charge in [0.1, 0.15) is 0 Å². The molecule has 1 amide bonds. The predicted octanol–water partition coefficient (Wildman–Crippen LogP) is 2.68. The number of thioether (sulfide) groups is 1. The van der Waals surface area contributed by atoms with Gasteiger partial charge in [-0.2, -0.15) is 0 Å². The molecule has 1 heterocycles. The second-order valence-electron chi connectivity index (χ2n) is 4.94. The topological polar surface area (TPSA) is 75.4 Å². The van der Waals surface area contributed by atoms with Gasteiger partial charge in [0, 0.05) is 5.69 Å². The van der Waals surface area contributed by atoms with Crippen molar-refractivity contribution in [1.29, 1.82) is 0 Å². The number of carbonyl (C=O) groups excluding carboxylic acids is 2. The largest absolute Gasteiger partial charge is 0.355 e. The number of nitrogens with two attached hydrogens (primary N) is 1. The van der Waals surface area contributed by atoms with Gasteiger partial charge >= 0.3 is 0 Å². The monoisotopic (exact) mass is 325 g/mol. The van der Waals surface area contributed by atoms with Crippen LogP contribution in [-0.2, 0) is 4.79 Å². The summed E-state index contributed by atoms with van der Waals surface area (Å²) in [6.45, 7) is 0. The molecule has 0 aromatic heterocycles. The van der Waals surface area contributed by atoms with E-state index in [1.54, 1.807) is 24.3 Å². The Labute approximate surface area is 138 Å². The number of fused-ring (bicyclic) bond motifs is 1. The fraction of sp³-hybridized carbons (Fsp3) is 0.0588. The Hall–Kier alpha value is -2.57. The molecule has 1 aliphatic heterocycles. The summed E-state index contributed by atoms with van der Waals surface area (Å²) in [7, 11) is 0. The predicted molar refractivity (Wildman–Crippen MR) is 92.3 cm³/mol. The normalized spacial score (nSPS) is 17.0. The highest BCUT2D eigenvalue weighted by atomic mass is 32.2. The fourth-order valence-electron chi connectivity index (χ4n) is 2.21. The van der Waals surface area contributed by atoms with Crippen LogP contribution in [0.2, 0.25) is 0 Å². The molecule has 0 aliphatic carbocycles. The highest BCUT2D eigenvalue weighted by molar-refractivity contribution is 8.14. The van der Waals surface area contributed by atoms with Crippen LogP contribution < -0.4 is 11.2 Å². The van der Waals surface area contributed by atoms with Gasteiger partial charge in [0.2, 0.25) is 5.12 Å². The first-order chi connectivity index (χ1) is 11.1. The zero-order valence-electron chi connectivity index (χ0n) is 12.2. The number of rotatable bonds is 3. The number of nitrogens with one attached hydrogen (secondary N) is 1. The van der Waals surface area contributed by atoms with Gasteiger partial charge in [-0.15, -0.1) is 0 Å². The third kappa shape index (κ3) is 3.44. The first-order valence-electron chi connectivity index (χ1n) is 7.03. The first-order valence-corrected chi connectivity index (χ1v) is 7.91. The van der Waals surface area contributed by atoms with Crippen molar-refractivity contribution < 1.29 is 9.59 Å². The summed E-state index contributed by atoms with van der Waals surface area (Å²) in [5, 5.41) is 3.95. The molecule has 0 saturated heterocycles. The van der Waals surface area contributed by atoms with Crippen LogP contribution in [0.1, 0.15) is 15.9 Å². The molecule has 6 heteroatoms. The van der Waals surface area contributed by atoms with Crippen molar-refractivity contribution >= 4 is 34.5 Å². The average Bonchev–Trinajstić information content (AvgIpc) is 2.58. The van der Waals surface area contributed by atoms with E-state index in [1.165, 1.54) is 6.08 Å². The van der Waals surface area contributed by atoms with Crippen LogP contribution >= 0.6 is 11.8 Å². The molecule has 1 aliphatic rings. The minimum atomic E-state index is -0.634. The number of hydrazine groups is 1. The van der Waals surface area contributed by atoms with E-state index in [0.717, 1.165) is 22.3 Å². The van der Waals surface area contributed by atoms with E-state index in [4.69, 9.17) is 5.84 Å². The van der Waals surface area contributed by atoms with Crippen molar-refractivity contribution in [2.75, 3.05) is 5.32 Å². The molecule has 2 aromatic rings. The van der Waals surface area contributed by atoms with E-state index < -0.39 is 5.50 Å². The van der Waals surface area contributed by atoms with Crippen LogP contribution in [0, 0.1) is 0 Å². The van der Waals surface area contributed by atoms with Crippen molar-refractivity contribution in [1.82, 2.24) is 5.01 Å². The summed E-state index contributed by atoms with van der Waals surface area (Å²) in [5.74, 6) is 5.51. The van der Waals surface area contributed by atoms with E-state index in [2.05, 4.69) is 5.32 Å². The molecular formula is C17H15N3O2S. The zero-order valence-corrected chi connectivity index (χ0v) is 13.0. The van der Waals surface area contributed by atoms with E-state index >= 15 is 0 Å². The van der Waals surface area contributed by atoms with Crippen molar-refractivity contribution in [3.05, 3.63) is 71.8 Å². The molecule has 2 aromatic carbocycles. The molecule has 1 atom stereocenters. The zero-order chi connectivity index (χ0) is 16.2. The summed E-state index contributed by atoms with van der Waals surface area (Å²) in [4.78, 5) is 24.3. The van der Waals surface area contributed by atoms with E-state index in [-0.39, 0.29) is 11.0 Å². The number of anilines is 1. The molecule has 0 spiro atoms. The lowest BCUT2D eigenvalue weighted by atomic mass is 10.1. The minimum Gasteiger partial charge on any atom is -0.355 e. The number of carbonyl (C=O) groups is 2. The van der Waals surface area contributed by atoms with Crippen molar-refractivity contribution in [2.45, 2.75) is 5.50 Å². The quantitative estimate of drug-likeness (QED) is 0.515. The van der Waals surface area contributed by atoms with Gasteiger partial charge in [-0.25, -0.2) is 10.9 Å². The molecule has 0 fully saturated rings. The van der Waals surface area contributed by atoms with E-state index in [1.807, 2.05) is 36.4 Å². The molecular weight excluding hydrogens is 310 g/mol. The molecule has 0 bridgehead atoms. The maximum Gasteiger partial charge on any atom is 0.272 e. The number of hydrogen-bond donors (Lipinski definition) is 2. The molecule has 5 nitrogen and oxygen atoms in total. The highest BCUT2D eigenvalue weighted by Crippen LogP contribution is 2.28. The lowest BCUT2D eigenvalue weighted by Gasteiger charge is -2.33. The van der Waals surface area contributed by atoms with Crippen LogP contribution in [0.3, 0.4) is 0 Å². The van der Waals surface area contributed by atoms with Gasteiger partial charge in [-0.1, -0.05) is 48.5 Å². The van der Waals surface area contributed by atoms with Crippen molar-refractivity contribution in [3.8, 4) is 0 Å². The Kier molecular flexibility index (Phi) is 4.45. The smallest absolute Gasteiger partial charge is 0.272 e. The Morgan fingerprint density at radius 1 is 1.13 bits per heavy atom. The fourth-order valence-corrected chi connectivity index (χ4v) is 2.97. The lowest BCUT2D eigenvalue weighted by Crippen LogP contribution is -2.51.